The van der Waals surface area contributed by atoms with Gasteiger partial charge < -0.3 is 21.3 Å². The highest BCUT2D eigenvalue weighted by atomic mass is 16.2. The lowest BCUT2D eigenvalue weighted by molar-refractivity contribution is -0.123. The van der Waals surface area contributed by atoms with Crippen LogP contribution in [0, 0.1) is 5.92 Å². The largest absolute Gasteiger partial charge is 0.354 e. The van der Waals surface area contributed by atoms with Crippen molar-refractivity contribution in [3.63, 3.8) is 0 Å². The van der Waals surface area contributed by atoms with Crippen molar-refractivity contribution in [2.45, 2.75) is 12.5 Å². The van der Waals surface area contributed by atoms with Crippen molar-refractivity contribution in [2.75, 3.05) is 27.2 Å². The fraction of sp³-hybridized carbons (Fsp3) is 0.636. The summed E-state index contributed by atoms with van der Waals surface area (Å²) in [6.07, 6.45) is 4.34. The molecule has 0 saturated carbocycles. The van der Waals surface area contributed by atoms with E-state index >= 15 is 0 Å². The molecule has 17 heavy (non-hydrogen) atoms. The van der Waals surface area contributed by atoms with Crippen LogP contribution in [0.15, 0.2) is 12.2 Å². The van der Waals surface area contributed by atoms with E-state index in [2.05, 4.69) is 10.6 Å². The molecule has 0 radical (unpaired) electrons. The molecule has 0 aliphatic heterocycles. The van der Waals surface area contributed by atoms with Crippen LogP contribution in [0.3, 0.4) is 0 Å². The van der Waals surface area contributed by atoms with Crippen molar-refractivity contribution >= 4 is 11.9 Å². The molecule has 96 valence electrons. The van der Waals surface area contributed by atoms with Crippen LogP contribution in [0.4, 0.5) is 4.79 Å². The maximum atomic E-state index is 11.6. The lowest BCUT2D eigenvalue weighted by Crippen LogP contribution is -2.40. The van der Waals surface area contributed by atoms with Crippen molar-refractivity contribution in [3.05, 3.63) is 12.2 Å². The summed E-state index contributed by atoms with van der Waals surface area (Å²) in [5.41, 5.74) is 5.66. The summed E-state index contributed by atoms with van der Waals surface area (Å²) in [4.78, 5) is 24.2. The minimum Gasteiger partial charge on any atom is -0.354 e. The number of hydrogen-bond donors (Lipinski definition) is 3. The topological polar surface area (TPSA) is 87.5 Å². The van der Waals surface area contributed by atoms with Crippen molar-refractivity contribution in [2.24, 2.45) is 11.7 Å². The molecule has 2 atom stereocenters. The zero-order valence-corrected chi connectivity index (χ0v) is 10.3. The zero-order chi connectivity index (χ0) is 12.8. The number of amides is 3. The third-order valence-corrected chi connectivity index (χ3v) is 2.56. The number of hydrogen-bond acceptors (Lipinski definition) is 3. The molecule has 0 aromatic rings. The van der Waals surface area contributed by atoms with Crippen LogP contribution in [-0.4, -0.2) is 50.1 Å². The Balaban J connectivity index is 2.13. The van der Waals surface area contributed by atoms with Crippen LogP contribution in [0.2, 0.25) is 0 Å². The number of nitrogens with zero attached hydrogens (tertiary/aromatic N) is 1. The normalized spacial score (nSPS) is 22.3. The average molecular weight is 240 g/mol. The number of nitrogens with one attached hydrogen (secondary N) is 2. The van der Waals surface area contributed by atoms with Crippen molar-refractivity contribution in [1.82, 2.24) is 15.5 Å². The lowest BCUT2D eigenvalue weighted by Gasteiger charge is -2.13. The molecule has 4 N–H and O–H groups in total. The molecule has 0 bridgehead atoms. The lowest BCUT2D eigenvalue weighted by atomic mass is 10.1. The van der Waals surface area contributed by atoms with Crippen LogP contribution < -0.4 is 16.4 Å². The summed E-state index contributed by atoms with van der Waals surface area (Å²) >= 11 is 0. The van der Waals surface area contributed by atoms with E-state index in [4.69, 9.17) is 5.73 Å². The standard InChI is InChI=1S/C11H20N4O2/c1-15(2)11(17)14-6-5-13-10(16)8-3-4-9(12)7-8/h3-4,8-9H,5-7,12H2,1-2H3,(H,13,16)(H,14,17). The molecule has 3 amide bonds. The van der Waals surface area contributed by atoms with Gasteiger partial charge in [0.2, 0.25) is 5.91 Å². The summed E-state index contributed by atoms with van der Waals surface area (Å²) in [6.45, 7) is 0.850. The maximum absolute atomic E-state index is 11.6. The predicted molar refractivity (Wildman–Crippen MR) is 65.3 cm³/mol. The highest BCUT2D eigenvalue weighted by Gasteiger charge is 2.21. The fourth-order valence-corrected chi connectivity index (χ4v) is 1.57. The maximum Gasteiger partial charge on any atom is 0.316 e. The number of rotatable bonds is 4. The van der Waals surface area contributed by atoms with Crippen LogP contribution >= 0.6 is 0 Å². The Kier molecular flexibility index (Phi) is 4.96. The summed E-state index contributed by atoms with van der Waals surface area (Å²) in [5.74, 6) is -0.164. The number of carbonyl (C=O) groups is 2. The Bertz CT molecular complexity index is 315. The molecule has 6 heteroatoms. The van der Waals surface area contributed by atoms with Gasteiger partial charge in [-0.1, -0.05) is 12.2 Å². The van der Waals surface area contributed by atoms with E-state index < -0.39 is 0 Å². The van der Waals surface area contributed by atoms with Gasteiger partial charge in [0.05, 0.1) is 5.92 Å². The first kappa shape index (κ1) is 13.5. The highest BCUT2D eigenvalue weighted by Crippen LogP contribution is 2.15. The van der Waals surface area contributed by atoms with Gasteiger partial charge >= 0.3 is 6.03 Å². The Morgan fingerprint density at radius 2 is 1.94 bits per heavy atom. The summed E-state index contributed by atoms with van der Waals surface area (Å²) < 4.78 is 0. The smallest absolute Gasteiger partial charge is 0.316 e. The van der Waals surface area contributed by atoms with E-state index in [-0.39, 0.29) is 23.9 Å². The van der Waals surface area contributed by atoms with Crippen LogP contribution in [0.5, 0.6) is 0 Å². The van der Waals surface area contributed by atoms with Crippen LogP contribution in [0.25, 0.3) is 0 Å². The molecule has 1 rings (SSSR count). The minimum atomic E-state index is -0.165. The minimum absolute atomic E-state index is 0.0146. The van der Waals surface area contributed by atoms with E-state index in [0.717, 1.165) is 0 Å². The van der Waals surface area contributed by atoms with Gasteiger partial charge in [-0.25, -0.2) is 4.79 Å². The summed E-state index contributed by atoms with van der Waals surface area (Å²) in [7, 11) is 3.33. The molecular weight excluding hydrogens is 220 g/mol. The Morgan fingerprint density at radius 1 is 1.29 bits per heavy atom. The third kappa shape index (κ3) is 4.44. The molecule has 0 spiro atoms. The van der Waals surface area contributed by atoms with Crippen molar-refractivity contribution in [1.29, 1.82) is 0 Å². The van der Waals surface area contributed by atoms with Crippen molar-refractivity contribution < 1.29 is 9.59 Å². The molecule has 0 fully saturated rings. The van der Waals surface area contributed by atoms with E-state index in [9.17, 15) is 9.59 Å². The highest BCUT2D eigenvalue weighted by molar-refractivity contribution is 5.81. The van der Waals surface area contributed by atoms with Crippen LogP contribution in [-0.2, 0) is 4.79 Å². The molecule has 0 saturated heterocycles. The zero-order valence-electron chi connectivity index (χ0n) is 10.3. The molecule has 1 aliphatic rings. The molecule has 0 aromatic heterocycles. The van der Waals surface area contributed by atoms with Gasteiger partial charge in [-0.15, -0.1) is 0 Å². The molecule has 0 aromatic carbocycles. The first-order chi connectivity index (χ1) is 8.00. The predicted octanol–water partition coefficient (Wildman–Crippen LogP) is -0.723. The van der Waals surface area contributed by atoms with Gasteiger partial charge in [-0.3, -0.25) is 4.79 Å². The first-order valence-electron chi connectivity index (χ1n) is 5.67. The number of urea groups is 1. The molecule has 2 unspecified atom stereocenters. The third-order valence-electron chi connectivity index (χ3n) is 2.56. The Hall–Kier alpha value is -1.56. The fourth-order valence-electron chi connectivity index (χ4n) is 1.57. The molecule has 1 aliphatic carbocycles. The van der Waals surface area contributed by atoms with E-state index in [1.807, 2.05) is 12.2 Å². The molecule has 0 heterocycles. The van der Waals surface area contributed by atoms with Crippen LogP contribution in [0.1, 0.15) is 6.42 Å². The quantitative estimate of drug-likeness (QED) is 0.447. The second-order valence-corrected chi connectivity index (χ2v) is 4.31. The second-order valence-electron chi connectivity index (χ2n) is 4.31. The van der Waals surface area contributed by atoms with Gasteiger partial charge in [0.15, 0.2) is 0 Å². The van der Waals surface area contributed by atoms with Gasteiger partial charge in [-0.05, 0) is 6.42 Å². The summed E-state index contributed by atoms with van der Waals surface area (Å²) in [6, 6.07) is -0.179. The Morgan fingerprint density at radius 3 is 2.47 bits per heavy atom. The molecular formula is C11H20N4O2. The number of nitrogens with two attached hydrogens (primary N) is 1. The van der Waals surface area contributed by atoms with Gasteiger partial charge in [0, 0.05) is 33.2 Å². The first-order valence-corrected chi connectivity index (χ1v) is 5.67. The van der Waals surface area contributed by atoms with E-state index in [1.54, 1.807) is 14.1 Å². The Labute approximate surface area is 101 Å². The summed E-state index contributed by atoms with van der Waals surface area (Å²) in [5, 5.41) is 5.43. The SMILES string of the molecule is CN(C)C(=O)NCCNC(=O)C1C=CC(N)C1. The van der Waals surface area contributed by atoms with Crippen molar-refractivity contribution in [3.8, 4) is 0 Å². The van der Waals surface area contributed by atoms with Gasteiger partial charge in [0.1, 0.15) is 0 Å². The number of carbonyl (C=O) groups excluding carboxylic acids is 2. The van der Waals surface area contributed by atoms with E-state index in [0.29, 0.717) is 19.5 Å². The second kappa shape index (κ2) is 6.24. The molecule has 6 nitrogen and oxygen atoms in total. The van der Waals surface area contributed by atoms with Gasteiger partial charge in [-0.2, -0.15) is 0 Å². The average Bonchev–Trinajstić information content (AvgIpc) is 2.70. The monoisotopic (exact) mass is 240 g/mol. The van der Waals surface area contributed by atoms with Gasteiger partial charge in [0.25, 0.3) is 0 Å². The van der Waals surface area contributed by atoms with E-state index in [1.165, 1.54) is 4.90 Å².